The lowest BCUT2D eigenvalue weighted by atomic mass is 10.0. The van der Waals surface area contributed by atoms with Crippen molar-refractivity contribution in [1.29, 1.82) is 0 Å². The van der Waals surface area contributed by atoms with Gasteiger partial charge in [0.15, 0.2) is 5.78 Å². The Balaban J connectivity index is 1.90. The first kappa shape index (κ1) is 12.1. The van der Waals surface area contributed by atoms with E-state index < -0.39 is 0 Å². The van der Waals surface area contributed by atoms with Crippen LogP contribution in [0.3, 0.4) is 0 Å². The number of hydrogen-bond acceptors (Lipinski definition) is 4. The molecule has 1 aliphatic heterocycles. The van der Waals surface area contributed by atoms with Crippen LogP contribution in [0.4, 0.5) is 0 Å². The van der Waals surface area contributed by atoms with Crippen LogP contribution >= 0.6 is 11.6 Å². The van der Waals surface area contributed by atoms with Crippen molar-refractivity contribution in [2.75, 3.05) is 6.61 Å². The fourth-order valence-corrected chi connectivity index (χ4v) is 2.45. The molecule has 0 atom stereocenters. The van der Waals surface area contributed by atoms with Crippen molar-refractivity contribution in [1.82, 2.24) is 9.97 Å². The van der Waals surface area contributed by atoms with Crippen LogP contribution in [0.5, 0.6) is 5.75 Å². The SMILES string of the molecule is O=C(Cc1cc(Cl)cc2c1OCC2)c1cnccn1. The third kappa shape index (κ3) is 2.44. The molecule has 1 aliphatic rings. The highest BCUT2D eigenvalue weighted by atomic mass is 35.5. The number of halogens is 1. The molecule has 0 N–H and O–H groups in total. The van der Waals surface area contributed by atoms with Crippen LogP contribution in [0.15, 0.2) is 30.7 Å². The molecule has 0 unspecified atom stereocenters. The van der Waals surface area contributed by atoms with Gasteiger partial charge in [-0.2, -0.15) is 0 Å². The van der Waals surface area contributed by atoms with Crippen LogP contribution in [0.25, 0.3) is 0 Å². The Bertz CT molecular complexity index is 629. The number of fused-ring (bicyclic) bond motifs is 1. The maximum Gasteiger partial charge on any atom is 0.187 e. The van der Waals surface area contributed by atoms with Gasteiger partial charge in [-0.1, -0.05) is 11.6 Å². The van der Waals surface area contributed by atoms with Gasteiger partial charge in [0, 0.05) is 35.8 Å². The average Bonchev–Trinajstić information content (AvgIpc) is 2.88. The molecule has 0 saturated heterocycles. The number of nitrogens with zero attached hydrogens (tertiary/aromatic N) is 2. The summed E-state index contributed by atoms with van der Waals surface area (Å²) in [6.45, 7) is 0.641. The Hall–Kier alpha value is -1.94. The predicted octanol–water partition coefficient (Wildman–Crippen LogP) is 2.49. The molecule has 3 rings (SSSR count). The van der Waals surface area contributed by atoms with Gasteiger partial charge >= 0.3 is 0 Å². The normalized spacial score (nSPS) is 12.9. The number of rotatable bonds is 3. The van der Waals surface area contributed by atoms with Gasteiger partial charge in [-0.3, -0.25) is 9.78 Å². The summed E-state index contributed by atoms with van der Waals surface area (Å²) in [5, 5.41) is 0.631. The Morgan fingerprint density at radius 2 is 2.26 bits per heavy atom. The van der Waals surface area contributed by atoms with Crippen molar-refractivity contribution in [3.8, 4) is 5.75 Å². The molecule has 1 aromatic heterocycles. The summed E-state index contributed by atoms with van der Waals surface area (Å²) in [5.74, 6) is 0.703. The van der Waals surface area contributed by atoms with Gasteiger partial charge in [0.25, 0.3) is 0 Å². The fourth-order valence-electron chi connectivity index (χ4n) is 2.18. The monoisotopic (exact) mass is 274 g/mol. The van der Waals surface area contributed by atoms with Gasteiger partial charge in [-0.15, -0.1) is 0 Å². The van der Waals surface area contributed by atoms with Crippen LogP contribution in [-0.4, -0.2) is 22.4 Å². The Morgan fingerprint density at radius 3 is 3.05 bits per heavy atom. The zero-order chi connectivity index (χ0) is 13.2. The maximum atomic E-state index is 12.1. The van der Waals surface area contributed by atoms with E-state index >= 15 is 0 Å². The van der Waals surface area contributed by atoms with Gasteiger partial charge in [0.1, 0.15) is 11.4 Å². The van der Waals surface area contributed by atoms with E-state index in [1.165, 1.54) is 18.6 Å². The first-order chi connectivity index (χ1) is 9.24. The number of benzene rings is 1. The van der Waals surface area contributed by atoms with Gasteiger partial charge in [-0.05, 0) is 17.7 Å². The highest BCUT2D eigenvalue weighted by molar-refractivity contribution is 6.30. The Morgan fingerprint density at radius 1 is 1.37 bits per heavy atom. The number of Topliss-reactive ketones (excluding diaryl/α,β-unsaturated/α-hetero) is 1. The van der Waals surface area contributed by atoms with E-state index in [0.29, 0.717) is 17.3 Å². The third-order valence-electron chi connectivity index (χ3n) is 3.03. The van der Waals surface area contributed by atoms with E-state index in [1.807, 2.05) is 6.07 Å². The molecule has 1 aromatic carbocycles. The first-order valence-corrected chi connectivity index (χ1v) is 6.35. The second-order valence-corrected chi connectivity index (χ2v) is 4.78. The number of ketones is 1. The molecule has 2 aromatic rings. The minimum absolute atomic E-state index is 0.0898. The van der Waals surface area contributed by atoms with Crippen LogP contribution in [0, 0.1) is 0 Å². The largest absolute Gasteiger partial charge is 0.493 e. The van der Waals surface area contributed by atoms with Gasteiger partial charge in [0.05, 0.1) is 12.8 Å². The summed E-state index contributed by atoms with van der Waals surface area (Å²) in [6, 6.07) is 3.67. The predicted molar refractivity (Wildman–Crippen MR) is 70.7 cm³/mol. The number of carbonyl (C=O) groups is 1. The second-order valence-electron chi connectivity index (χ2n) is 4.34. The zero-order valence-electron chi connectivity index (χ0n) is 10.1. The molecule has 0 aliphatic carbocycles. The topological polar surface area (TPSA) is 52.1 Å². The molecular weight excluding hydrogens is 264 g/mol. The Labute approximate surface area is 115 Å². The van der Waals surface area contributed by atoms with Gasteiger partial charge in [0.2, 0.25) is 0 Å². The number of carbonyl (C=O) groups excluding carboxylic acids is 1. The Kier molecular flexibility index (Phi) is 3.17. The fraction of sp³-hybridized carbons (Fsp3) is 0.214. The number of aromatic nitrogens is 2. The molecule has 0 radical (unpaired) electrons. The molecule has 0 amide bonds. The van der Waals surface area contributed by atoms with E-state index in [0.717, 1.165) is 23.3 Å². The molecule has 0 fully saturated rings. The van der Waals surface area contributed by atoms with Crippen LogP contribution < -0.4 is 4.74 Å². The molecule has 0 bridgehead atoms. The second kappa shape index (κ2) is 4.97. The molecule has 2 heterocycles. The van der Waals surface area contributed by atoms with Crippen LogP contribution in [0.1, 0.15) is 21.6 Å². The molecule has 19 heavy (non-hydrogen) atoms. The van der Waals surface area contributed by atoms with Crippen molar-refractivity contribution in [3.63, 3.8) is 0 Å². The third-order valence-corrected chi connectivity index (χ3v) is 3.24. The van der Waals surface area contributed by atoms with Crippen molar-refractivity contribution in [2.45, 2.75) is 12.8 Å². The van der Waals surface area contributed by atoms with E-state index in [2.05, 4.69) is 9.97 Å². The lowest BCUT2D eigenvalue weighted by Crippen LogP contribution is -2.07. The first-order valence-electron chi connectivity index (χ1n) is 5.97. The smallest absolute Gasteiger partial charge is 0.187 e. The highest BCUT2D eigenvalue weighted by Crippen LogP contribution is 2.33. The quantitative estimate of drug-likeness (QED) is 0.807. The molecule has 0 spiro atoms. The van der Waals surface area contributed by atoms with Crippen molar-refractivity contribution < 1.29 is 9.53 Å². The summed E-state index contributed by atoms with van der Waals surface area (Å²) in [7, 11) is 0. The molecule has 4 nitrogen and oxygen atoms in total. The van der Waals surface area contributed by atoms with E-state index in [-0.39, 0.29) is 12.2 Å². The van der Waals surface area contributed by atoms with Crippen molar-refractivity contribution in [3.05, 3.63) is 52.6 Å². The molecule has 5 heteroatoms. The van der Waals surface area contributed by atoms with E-state index in [9.17, 15) is 4.79 Å². The molecule has 0 saturated carbocycles. The van der Waals surface area contributed by atoms with Crippen LogP contribution in [0.2, 0.25) is 5.02 Å². The van der Waals surface area contributed by atoms with Gasteiger partial charge in [-0.25, -0.2) is 4.98 Å². The maximum absolute atomic E-state index is 12.1. The summed E-state index contributed by atoms with van der Waals surface area (Å²) < 4.78 is 5.57. The van der Waals surface area contributed by atoms with Crippen LogP contribution in [-0.2, 0) is 12.8 Å². The minimum Gasteiger partial charge on any atom is -0.493 e. The van der Waals surface area contributed by atoms with Crippen molar-refractivity contribution in [2.24, 2.45) is 0 Å². The summed E-state index contributed by atoms with van der Waals surface area (Å²) >= 11 is 6.06. The number of hydrogen-bond donors (Lipinski definition) is 0. The van der Waals surface area contributed by atoms with E-state index in [4.69, 9.17) is 16.3 Å². The van der Waals surface area contributed by atoms with Gasteiger partial charge < -0.3 is 4.74 Å². The van der Waals surface area contributed by atoms with E-state index in [1.54, 1.807) is 6.07 Å². The van der Waals surface area contributed by atoms with Crippen molar-refractivity contribution >= 4 is 17.4 Å². The molecule has 96 valence electrons. The lowest BCUT2D eigenvalue weighted by molar-refractivity contribution is 0.0987. The summed E-state index contributed by atoms with van der Waals surface area (Å²) in [6.07, 6.45) is 5.57. The average molecular weight is 275 g/mol. The summed E-state index contributed by atoms with van der Waals surface area (Å²) in [5.41, 5.74) is 2.24. The lowest BCUT2D eigenvalue weighted by Gasteiger charge is -2.08. The molecular formula is C14H11ClN2O2. The number of ether oxygens (including phenoxy) is 1. The summed E-state index contributed by atoms with van der Waals surface area (Å²) in [4.78, 5) is 20.0. The highest BCUT2D eigenvalue weighted by Gasteiger charge is 2.20. The zero-order valence-corrected chi connectivity index (χ0v) is 10.9. The standard InChI is InChI=1S/C14H11ClN2O2/c15-11-5-9-1-4-19-14(9)10(6-11)7-13(18)12-8-16-2-3-17-12/h2-3,5-6,8H,1,4,7H2. The minimum atomic E-state index is -0.0898.